The van der Waals surface area contributed by atoms with Crippen molar-refractivity contribution in [3.63, 3.8) is 0 Å². The van der Waals surface area contributed by atoms with Crippen LogP contribution < -0.4 is 5.32 Å². The van der Waals surface area contributed by atoms with Gasteiger partial charge in [0.05, 0.1) is 10.3 Å². The molecule has 0 bridgehead atoms. The normalized spacial score (nSPS) is 10.8. The quantitative estimate of drug-likeness (QED) is 0.791. The van der Waals surface area contributed by atoms with E-state index in [2.05, 4.69) is 42.9 Å². The summed E-state index contributed by atoms with van der Waals surface area (Å²) >= 11 is 5.20. The van der Waals surface area contributed by atoms with Crippen LogP contribution in [0, 0.1) is 0 Å². The van der Waals surface area contributed by atoms with Crippen LogP contribution in [0.4, 0.5) is 5.95 Å². The molecule has 18 heavy (non-hydrogen) atoms. The molecular weight excluding hydrogens is 314 g/mol. The first kappa shape index (κ1) is 13.6. The topological polar surface area (TPSA) is 39.1 Å². The highest BCUT2D eigenvalue weighted by Crippen LogP contribution is 2.22. The Bertz CT molecular complexity index is 483. The number of methoxy groups -OCH3 is 1. The highest BCUT2D eigenvalue weighted by molar-refractivity contribution is 9.11. The highest BCUT2D eigenvalue weighted by Gasteiger charge is 2.03. The minimum Gasteiger partial charge on any atom is -0.385 e. The summed E-state index contributed by atoms with van der Waals surface area (Å²) < 4.78 is 8.32. The number of thiophene rings is 1. The Labute approximate surface area is 119 Å². The van der Waals surface area contributed by atoms with Gasteiger partial charge in [-0.25, -0.2) is 4.98 Å². The molecule has 2 heterocycles. The standard InChI is InChI=1S/C12H16BrN3OS/c1-17-8-2-6-16-7-5-14-12(16)15-9-10-3-4-11(13)18-10/h3-5,7H,2,6,8-9H2,1H3,(H,14,15). The lowest BCUT2D eigenvalue weighted by molar-refractivity contribution is 0.190. The molecule has 4 nitrogen and oxygen atoms in total. The molecule has 0 spiro atoms. The second kappa shape index (κ2) is 6.92. The van der Waals surface area contributed by atoms with Crippen LogP contribution in [-0.4, -0.2) is 23.3 Å². The summed E-state index contributed by atoms with van der Waals surface area (Å²) in [6.45, 7) is 2.50. The highest BCUT2D eigenvalue weighted by atomic mass is 79.9. The van der Waals surface area contributed by atoms with Gasteiger partial charge in [-0.1, -0.05) is 0 Å². The summed E-state index contributed by atoms with van der Waals surface area (Å²) in [7, 11) is 1.72. The van der Waals surface area contributed by atoms with Crippen molar-refractivity contribution < 1.29 is 4.74 Å². The number of nitrogens with one attached hydrogen (secondary N) is 1. The van der Waals surface area contributed by atoms with Crippen LogP contribution in [0.5, 0.6) is 0 Å². The molecule has 0 amide bonds. The zero-order valence-electron chi connectivity index (χ0n) is 10.2. The summed E-state index contributed by atoms with van der Waals surface area (Å²) in [5.74, 6) is 0.913. The zero-order valence-corrected chi connectivity index (χ0v) is 12.6. The third kappa shape index (κ3) is 3.83. The average Bonchev–Trinajstić information content (AvgIpc) is 2.96. The maximum absolute atomic E-state index is 5.05. The molecule has 0 aliphatic rings. The van der Waals surface area contributed by atoms with Crippen molar-refractivity contribution in [2.24, 2.45) is 0 Å². The molecule has 0 unspecified atom stereocenters. The minimum atomic E-state index is 0.773. The van der Waals surface area contributed by atoms with Gasteiger partial charge in [0.15, 0.2) is 0 Å². The van der Waals surface area contributed by atoms with E-state index in [1.807, 2.05) is 12.4 Å². The van der Waals surface area contributed by atoms with Gasteiger partial charge >= 0.3 is 0 Å². The third-order valence-electron chi connectivity index (χ3n) is 2.51. The fourth-order valence-electron chi connectivity index (χ4n) is 1.65. The Morgan fingerprint density at radius 2 is 2.39 bits per heavy atom. The van der Waals surface area contributed by atoms with Crippen LogP contribution in [-0.2, 0) is 17.8 Å². The Morgan fingerprint density at radius 3 is 3.11 bits per heavy atom. The molecule has 2 aromatic rings. The number of imidazole rings is 1. The van der Waals surface area contributed by atoms with Crippen molar-refractivity contribution in [3.05, 3.63) is 33.2 Å². The number of anilines is 1. The van der Waals surface area contributed by atoms with Gasteiger partial charge in [-0.05, 0) is 34.5 Å². The van der Waals surface area contributed by atoms with Gasteiger partial charge in [-0.3, -0.25) is 0 Å². The summed E-state index contributed by atoms with van der Waals surface area (Å²) in [6.07, 6.45) is 4.80. The van der Waals surface area contributed by atoms with Crippen LogP contribution in [0.25, 0.3) is 0 Å². The molecule has 2 aromatic heterocycles. The molecule has 1 N–H and O–H groups in total. The lowest BCUT2D eigenvalue weighted by atomic mass is 10.4. The van der Waals surface area contributed by atoms with Crippen molar-refractivity contribution >= 4 is 33.2 Å². The summed E-state index contributed by atoms with van der Waals surface area (Å²) in [4.78, 5) is 5.61. The van der Waals surface area contributed by atoms with E-state index in [-0.39, 0.29) is 0 Å². The fraction of sp³-hybridized carbons (Fsp3) is 0.417. The first-order chi connectivity index (χ1) is 8.79. The second-order valence-electron chi connectivity index (χ2n) is 3.85. The van der Waals surface area contributed by atoms with Crippen LogP contribution >= 0.6 is 27.3 Å². The third-order valence-corrected chi connectivity index (χ3v) is 4.14. The summed E-state index contributed by atoms with van der Waals surface area (Å²) in [5, 5.41) is 3.35. The molecule has 0 radical (unpaired) electrons. The molecule has 2 rings (SSSR count). The molecule has 0 saturated carbocycles. The van der Waals surface area contributed by atoms with Gasteiger partial charge in [-0.15, -0.1) is 11.3 Å². The molecule has 0 fully saturated rings. The number of halogens is 1. The van der Waals surface area contributed by atoms with E-state index >= 15 is 0 Å². The Kier molecular flexibility index (Phi) is 5.22. The van der Waals surface area contributed by atoms with Gasteiger partial charge in [0, 0.05) is 37.5 Å². The van der Waals surface area contributed by atoms with Crippen molar-refractivity contribution in [3.8, 4) is 0 Å². The maximum atomic E-state index is 5.05. The molecule has 98 valence electrons. The van der Waals surface area contributed by atoms with Crippen molar-refractivity contribution in [2.45, 2.75) is 19.5 Å². The molecule has 0 aliphatic carbocycles. The van der Waals surface area contributed by atoms with E-state index < -0.39 is 0 Å². The zero-order chi connectivity index (χ0) is 12.8. The van der Waals surface area contributed by atoms with Gasteiger partial charge in [-0.2, -0.15) is 0 Å². The fourth-order valence-corrected chi connectivity index (χ4v) is 3.07. The van der Waals surface area contributed by atoms with Crippen LogP contribution in [0.3, 0.4) is 0 Å². The molecule has 0 atom stereocenters. The minimum absolute atomic E-state index is 0.773. The van der Waals surface area contributed by atoms with Crippen molar-refractivity contribution in [1.29, 1.82) is 0 Å². The van der Waals surface area contributed by atoms with E-state index in [1.165, 1.54) is 4.88 Å². The van der Waals surface area contributed by atoms with Crippen LogP contribution in [0.2, 0.25) is 0 Å². The van der Waals surface area contributed by atoms with E-state index in [0.717, 1.165) is 35.9 Å². The number of nitrogens with zero attached hydrogens (tertiary/aromatic N) is 2. The van der Waals surface area contributed by atoms with Gasteiger partial charge in [0.1, 0.15) is 0 Å². The second-order valence-corrected chi connectivity index (χ2v) is 6.40. The van der Waals surface area contributed by atoms with Gasteiger partial charge < -0.3 is 14.6 Å². The van der Waals surface area contributed by atoms with E-state index in [9.17, 15) is 0 Å². The predicted octanol–water partition coefficient (Wildman–Crippen LogP) is 3.36. The lowest BCUT2D eigenvalue weighted by Crippen LogP contribution is -2.07. The number of rotatable bonds is 7. The SMILES string of the molecule is COCCCn1ccnc1NCc1ccc(Br)s1. The monoisotopic (exact) mass is 329 g/mol. The van der Waals surface area contributed by atoms with E-state index in [1.54, 1.807) is 18.4 Å². The smallest absolute Gasteiger partial charge is 0.203 e. The Balaban J connectivity index is 1.87. The van der Waals surface area contributed by atoms with Crippen molar-refractivity contribution in [1.82, 2.24) is 9.55 Å². The van der Waals surface area contributed by atoms with Gasteiger partial charge in [0.25, 0.3) is 0 Å². The summed E-state index contributed by atoms with van der Waals surface area (Å²) in [5.41, 5.74) is 0. The number of aromatic nitrogens is 2. The van der Waals surface area contributed by atoms with Crippen LogP contribution in [0.15, 0.2) is 28.3 Å². The number of hydrogen-bond acceptors (Lipinski definition) is 4. The molecule has 0 aliphatic heterocycles. The number of aryl methyl sites for hydroxylation is 1. The average molecular weight is 330 g/mol. The number of ether oxygens (including phenoxy) is 1. The predicted molar refractivity (Wildman–Crippen MR) is 78.1 cm³/mol. The first-order valence-corrected chi connectivity index (χ1v) is 7.38. The molecule has 6 heteroatoms. The maximum Gasteiger partial charge on any atom is 0.203 e. The largest absolute Gasteiger partial charge is 0.385 e. The van der Waals surface area contributed by atoms with Gasteiger partial charge in [0.2, 0.25) is 5.95 Å². The lowest BCUT2D eigenvalue weighted by Gasteiger charge is -2.08. The number of hydrogen-bond donors (Lipinski definition) is 1. The Hall–Kier alpha value is -0.850. The Morgan fingerprint density at radius 1 is 1.50 bits per heavy atom. The first-order valence-electron chi connectivity index (χ1n) is 5.78. The summed E-state index contributed by atoms with van der Waals surface area (Å²) in [6, 6.07) is 4.17. The van der Waals surface area contributed by atoms with Crippen molar-refractivity contribution in [2.75, 3.05) is 19.0 Å². The molecular formula is C12H16BrN3OS. The molecule has 0 aromatic carbocycles. The van der Waals surface area contributed by atoms with E-state index in [4.69, 9.17) is 4.74 Å². The molecule has 0 saturated heterocycles. The van der Waals surface area contributed by atoms with Crippen LogP contribution in [0.1, 0.15) is 11.3 Å². The van der Waals surface area contributed by atoms with E-state index in [0.29, 0.717) is 0 Å².